The molecular weight excluding hydrogens is 259 g/mol. The van der Waals surface area contributed by atoms with Crippen LogP contribution in [-0.4, -0.2) is 36.7 Å². The first kappa shape index (κ1) is 13.4. The second kappa shape index (κ2) is 3.17. The number of rotatable bonds is 2. The lowest BCUT2D eigenvalue weighted by molar-refractivity contribution is -0.470. The first-order valence-corrected chi connectivity index (χ1v) is 3.65. The van der Waals surface area contributed by atoms with Crippen molar-refractivity contribution in [2.75, 3.05) is 6.61 Å². The maximum absolute atomic E-state index is 12.8. The molecule has 0 aromatic heterocycles. The van der Waals surface area contributed by atoms with Crippen molar-refractivity contribution < 1.29 is 44.3 Å². The molecular formula is C6H3F9O. The fourth-order valence-corrected chi connectivity index (χ4v) is 1.05. The van der Waals surface area contributed by atoms with E-state index in [1.165, 1.54) is 0 Å². The van der Waals surface area contributed by atoms with Gasteiger partial charge in [0.25, 0.3) is 0 Å². The summed E-state index contributed by atoms with van der Waals surface area (Å²) in [6, 6.07) is 0. The Morgan fingerprint density at radius 2 is 1.44 bits per heavy atom. The molecule has 0 heterocycles. The summed E-state index contributed by atoms with van der Waals surface area (Å²) in [4.78, 5) is 0. The Balaban J connectivity index is 2.80. The lowest BCUT2D eigenvalue weighted by atomic mass is 9.80. The van der Waals surface area contributed by atoms with E-state index in [0.29, 0.717) is 0 Å². The number of hydrogen-bond acceptors (Lipinski definition) is 1. The molecule has 1 aliphatic carbocycles. The summed E-state index contributed by atoms with van der Waals surface area (Å²) in [5.41, 5.74) is 0. The molecule has 1 nitrogen and oxygen atoms in total. The van der Waals surface area contributed by atoms with Crippen LogP contribution in [0.3, 0.4) is 0 Å². The molecule has 0 spiro atoms. The molecule has 0 aromatic rings. The van der Waals surface area contributed by atoms with Gasteiger partial charge >= 0.3 is 23.9 Å². The van der Waals surface area contributed by atoms with Gasteiger partial charge in [0.05, 0.1) is 0 Å². The van der Waals surface area contributed by atoms with E-state index in [0.717, 1.165) is 0 Å². The maximum Gasteiger partial charge on any atom is 0.411 e. The zero-order chi connectivity index (χ0) is 13.0. The summed E-state index contributed by atoms with van der Waals surface area (Å²) in [5.74, 6) is -16.0. The Bertz CT molecular complexity index is 284. The molecule has 0 radical (unpaired) electrons. The Hall–Kier alpha value is -0.670. The van der Waals surface area contributed by atoms with E-state index in [1.807, 2.05) is 0 Å². The van der Waals surface area contributed by atoms with Gasteiger partial charge in [0, 0.05) is 0 Å². The molecule has 96 valence electrons. The van der Waals surface area contributed by atoms with Gasteiger partial charge < -0.3 is 4.74 Å². The summed E-state index contributed by atoms with van der Waals surface area (Å²) in [5, 5.41) is 0. The van der Waals surface area contributed by atoms with Crippen LogP contribution in [0.1, 0.15) is 0 Å². The molecule has 0 saturated heterocycles. The molecule has 16 heavy (non-hydrogen) atoms. The molecule has 1 rings (SSSR count). The first-order valence-electron chi connectivity index (χ1n) is 3.65. The number of hydrogen-bond donors (Lipinski definition) is 0. The van der Waals surface area contributed by atoms with Crippen molar-refractivity contribution in [2.45, 2.75) is 30.0 Å². The number of halogens is 9. The second-order valence-corrected chi connectivity index (χ2v) is 3.11. The topological polar surface area (TPSA) is 9.23 Å². The van der Waals surface area contributed by atoms with Crippen molar-refractivity contribution in [3.8, 4) is 0 Å². The normalized spacial score (nSPS) is 36.9. The van der Waals surface area contributed by atoms with E-state index in [-0.39, 0.29) is 0 Å². The third kappa shape index (κ3) is 1.54. The van der Waals surface area contributed by atoms with Crippen LogP contribution >= 0.6 is 0 Å². The van der Waals surface area contributed by atoms with Gasteiger partial charge in [-0.05, 0) is 0 Å². The summed E-state index contributed by atoms with van der Waals surface area (Å²) in [6.45, 7) is -2.59. The third-order valence-corrected chi connectivity index (χ3v) is 1.94. The lowest BCUT2D eigenvalue weighted by Crippen LogP contribution is -2.79. The molecule has 2 atom stereocenters. The monoisotopic (exact) mass is 262 g/mol. The van der Waals surface area contributed by atoms with Crippen LogP contribution in [0.25, 0.3) is 0 Å². The van der Waals surface area contributed by atoms with Gasteiger partial charge in [-0.25, -0.2) is 8.78 Å². The standard InChI is InChI=1S/C6H3F9O/c7-2-4(11,12)6(14,15)5(2,13)16-1-3(8,9)10/h2H,1H2. The van der Waals surface area contributed by atoms with Gasteiger partial charge in [-0.1, -0.05) is 0 Å². The van der Waals surface area contributed by atoms with E-state index in [9.17, 15) is 39.5 Å². The highest BCUT2D eigenvalue weighted by Crippen LogP contribution is 2.62. The molecule has 0 aromatic carbocycles. The molecule has 1 aliphatic rings. The molecule has 0 N–H and O–H groups in total. The van der Waals surface area contributed by atoms with Gasteiger partial charge in [0.15, 0.2) is 0 Å². The number of alkyl halides is 9. The van der Waals surface area contributed by atoms with Crippen molar-refractivity contribution in [3.63, 3.8) is 0 Å². The minimum absolute atomic E-state index is 2.59. The van der Waals surface area contributed by atoms with Crippen LogP contribution in [0.5, 0.6) is 0 Å². The fraction of sp³-hybridized carbons (Fsp3) is 1.00. The van der Waals surface area contributed by atoms with Crippen LogP contribution in [0, 0.1) is 0 Å². The Kier molecular flexibility index (Phi) is 2.66. The fourth-order valence-electron chi connectivity index (χ4n) is 1.05. The van der Waals surface area contributed by atoms with Crippen molar-refractivity contribution in [2.24, 2.45) is 0 Å². The molecule has 2 unspecified atom stereocenters. The maximum atomic E-state index is 12.8. The zero-order valence-electron chi connectivity index (χ0n) is 7.09. The van der Waals surface area contributed by atoms with Crippen molar-refractivity contribution >= 4 is 0 Å². The predicted octanol–water partition coefficient (Wildman–Crippen LogP) is 2.85. The van der Waals surface area contributed by atoms with Crippen LogP contribution < -0.4 is 0 Å². The minimum atomic E-state index is -5.63. The average Bonchev–Trinajstić information content (AvgIpc) is 2.10. The Morgan fingerprint density at radius 3 is 1.75 bits per heavy atom. The third-order valence-electron chi connectivity index (χ3n) is 1.94. The van der Waals surface area contributed by atoms with Crippen LogP contribution in [0.15, 0.2) is 0 Å². The van der Waals surface area contributed by atoms with E-state index in [2.05, 4.69) is 4.74 Å². The van der Waals surface area contributed by atoms with Gasteiger partial charge in [-0.15, -0.1) is 0 Å². The minimum Gasteiger partial charge on any atom is -0.329 e. The summed E-state index contributed by atoms with van der Waals surface area (Å²) in [6.07, 6.45) is -9.38. The van der Waals surface area contributed by atoms with E-state index < -0.39 is 36.7 Å². The Labute approximate surface area is 82.2 Å². The largest absolute Gasteiger partial charge is 0.411 e. The molecule has 0 amide bonds. The predicted molar refractivity (Wildman–Crippen MR) is 30.6 cm³/mol. The van der Waals surface area contributed by atoms with E-state index in [1.54, 1.807) is 0 Å². The highest BCUT2D eigenvalue weighted by atomic mass is 19.4. The molecule has 0 aliphatic heterocycles. The van der Waals surface area contributed by atoms with Crippen LogP contribution in [0.4, 0.5) is 39.5 Å². The number of ether oxygens (including phenoxy) is 1. The zero-order valence-corrected chi connectivity index (χ0v) is 7.09. The summed E-state index contributed by atoms with van der Waals surface area (Å²) < 4.78 is 111. The van der Waals surface area contributed by atoms with Crippen molar-refractivity contribution in [1.29, 1.82) is 0 Å². The summed E-state index contributed by atoms with van der Waals surface area (Å²) in [7, 11) is 0. The van der Waals surface area contributed by atoms with Crippen LogP contribution in [-0.2, 0) is 4.74 Å². The lowest BCUT2D eigenvalue weighted by Gasteiger charge is -2.49. The van der Waals surface area contributed by atoms with E-state index >= 15 is 0 Å². The second-order valence-electron chi connectivity index (χ2n) is 3.11. The van der Waals surface area contributed by atoms with Gasteiger partial charge in [0.2, 0.25) is 6.17 Å². The molecule has 1 fully saturated rings. The highest BCUT2D eigenvalue weighted by molar-refractivity contribution is 5.18. The van der Waals surface area contributed by atoms with Crippen molar-refractivity contribution in [3.05, 3.63) is 0 Å². The Morgan fingerprint density at radius 1 is 1.00 bits per heavy atom. The SMILES string of the molecule is FC1C(F)(F)C(F)(F)C1(F)OCC(F)(F)F. The van der Waals surface area contributed by atoms with Crippen LogP contribution in [0.2, 0.25) is 0 Å². The quantitative estimate of drug-likeness (QED) is 0.695. The highest BCUT2D eigenvalue weighted by Gasteiger charge is 2.91. The van der Waals surface area contributed by atoms with Gasteiger partial charge in [0.1, 0.15) is 6.61 Å². The molecule has 10 heteroatoms. The smallest absolute Gasteiger partial charge is 0.329 e. The molecule has 1 saturated carbocycles. The van der Waals surface area contributed by atoms with E-state index in [4.69, 9.17) is 0 Å². The van der Waals surface area contributed by atoms with Gasteiger partial charge in [-0.3, -0.25) is 0 Å². The van der Waals surface area contributed by atoms with Gasteiger partial charge in [-0.2, -0.15) is 30.7 Å². The van der Waals surface area contributed by atoms with Crippen molar-refractivity contribution in [1.82, 2.24) is 0 Å². The first-order chi connectivity index (χ1) is 6.86. The average molecular weight is 262 g/mol. The summed E-state index contributed by atoms with van der Waals surface area (Å²) >= 11 is 0. The molecule has 0 bridgehead atoms.